The minimum Gasteiger partial charge on any atom is -0.452 e. The minimum atomic E-state index is -4.30. The SMILES string of the molecule is O=c1[nH]c(=O)n([C@H]2C[C@H](O)[C@@H](COc3no[n+]([O-])c3S(=O)(=O)c3ccccc3)O2)cc1I. The van der Waals surface area contributed by atoms with Crippen molar-refractivity contribution in [1.29, 1.82) is 0 Å². The zero-order valence-corrected chi connectivity index (χ0v) is 18.9. The molecule has 4 rings (SSSR count). The lowest BCUT2D eigenvalue weighted by molar-refractivity contribution is -0.832. The van der Waals surface area contributed by atoms with Gasteiger partial charge in [-0.1, -0.05) is 18.2 Å². The van der Waals surface area contributed by atoms with Crippen LogP contribution < -0.4 is 20.9 Å². The van der Waals surface area contributed by atoms with Gasteiger partial charge in [0.15, 0.2) is 0 Å². The van der Waals surface area contributed by atoms with Crippen molar-refractivity contribution >= 4 is 32.4 Å². The molecule has 170 valence electrons. The third kappa shape index (κ3) is 4.15. The Balaban J connectivity index is 1.53. The van der Waals surface area contributed by atoms with Crippen LogP contribution in [0.3, 0.4) is 0 Å². The quantitative estimate of drug-likeness (QED) is 0.281. The summed E-state index contributed by atoms with van der Waals surface area (Å²) in [6, 6.07) is 7.17. The van der Waals surface area contributed by atoms with Crippen LogP contribution in [-0.2, 0) is 14.6 Å². The molecule has 15 heteroatoms. The van der Waals surface area contributed by atoms with E-state index in [2.05, 4.69) is 14.8 Å². The highest BCUT2D eigenvalue weighted by atomic mass is 127. The van der Waals surface area contributed by atoms with Crippen molar-refractivity contribution in [2.24, 2.45) is 0 Å². The molecule has 1 saturated heterocycles. The van der Waals surface area contributed by atoms with E-state index in [4.69, 9.17) is 9.47 Å². The van der Waals surface area contributed by atoms with Gasteiger partial charge in [-0.15, -0.1) is 0 Å². The Labute approximate surface area is 192 Å². The van der Waals surface area contributed by atoms with E-state index in [1.54, 1.807) is 28.7 Å². The lowest BCUT2D eigenvalue weighted by Gasteiger charge is -2.15. The Morgan fingerprint density at radius 2 is 2.06 bits per heavy atom. The summed E-state index contributed by atoms with van der Waals surface area (Å²) in [5.41, 5.74) is -1.26. The number of benzene rings is 1. The second-order valence-corrected chi connectivity index (χ2v) is 9.77. The first-order valence-corrected chi connectivity index (χ1v) is 11.6. The van der Waals surface area contributed by atoms with E-state index in [0.717, 1.165) is 4.57 Å². The molecule has 0 bridgehead atoms. The van der Waals surface area contributed by atoms with Crippen LogP contribution in [-0.4, -0.2) is 47.0 Å². The van der Waals surface area contributed by atoms with Crippen molar-refractivity contribution in [3.05, 3.63) is 66.1 Å². The molecule has 2 aromatic heterocycles. The molecule has 3 atom stereocenters. The zero-order valence-electron chi connectivity index (χ0n) is 16.0. The third-order valence-corrected chi connectivity index (χ3v) is 7.17. The van der Waals surface area contributed by atoms with Crippen molar-refractivity contribution in [3.8, 4) is 5.88 Å². The molecule has 3 heterocycles. The number of halogens is 1. The van der Waals surface area contributed by atoms with Crippen LogP contribution >= 0.6 is 22.6 Å². The maximum Gasteiger partial charge on any atom is 0.415 e. The molecule has 0 saturated carbocycles. The molecular formula is C17H15IN4O9S. The van der Waals surface area contributed by atoms with Crippen LogP contribution in [0, 0.1) is 8.78 Å². The number of hydrogen-bond acceptors (Lipinski definition) is 10. The van der Waals surface area contributed by atoms with Crippen LogP contribution in [0.25, 0.3) is 0 Å². The highest BCUT2D eigenvalue weighted by molar-refractivity contribution is 14.1. The lowest BCUT2D eigenvalue weighted by Crippen LogP contribution is -2.34. The van der Waals surface area contributed by atoms with Crippen molar-refractivity contribution in [3.63, 3.8) is 0 Å². The topological polar surface area (TPSA) is 181 Å². The molecule has 1 fully saturated rings. The van der Waals surface area contributed by atoms with Gasteiger partial charge in [-0.2, -0.15) is 0 Å². The molecule has 13 nitrogen and oxygen atoms in total. The lowest BCUT2D eigenvalue weighted by atomic mass is 10.2. The molecule has 1 aliphatic heterocycles. The molecular weight excluding hydrogens is 563 g/mol. The van der Waals surface area contributed by atoms with Crippen LogP contribution in [0.5, 0.6) is 5.88 Å². The fourth-order valence-corrected chi connectivity index (χ4v) is 4.84. The number of ether oxygens (including phenoxy) is 2. The van der Waals surface area contributed by atoms with Crippen molar-refractivity contribution < 1.29 is 32.5 Å². The third-order valence-electron chi connectivity index (χ3n) is 4.68. The molecule has 2 N–H and O–H groups in total. The number of H-pyrrole nitrogens is 1. The van der Waals surface area contributed by atoms with E-state index in [9.17, 15) is 28.3 Å². The predicted octanol–water partition coefficient (Wildman–Crippen LogP) is -0.677. The minimum absolute atomic E-state index is 0.00555. The molecule has 0 spiro atoms. The summed E-state index contributed by atoms with van der Waals surface area (Å²) in [5, 5.41) is 24.7. The zero-order chi connectivity index (χ0) is 23.0. The number of nitrogens with zero attached hydrogens (tertiary/aromatic N) is 3. The first-order valence-electron chi connectivity index (χ1n) is 9.05. The number of aliphatic hydroxyl groups excluding tert-OH is 1. The second kappa shape index (κ2) is 8.64. The number of aromatic amines is 1. The van der Waals surface area contributed by atoms with Gasteiger partial charge in [-0.25, -0.2) is 13.2 Å². The number of aliphatic hydroxyl groups is 1. The summed E-state index contributed by atoms with van der Waals surface area (Å²) < 4.78 is 42.3. The van der Waals surface area contributed by atoms with Gasteiger partial charge in [0.1, 0.15) is 18.9 Å². The number of hydrogen-bond donors (Lipinski definition) is 2. The van der Waals surface area contributed by atoms with Crippen molar-refractivity contribution in [1.82, 2.24) is 14.7 Å². The maximum atomic E-state index is 12.8. The van der Waals surface area contributed by atoms with E-state index in [1.807, 2.05) is 0 Å². The van der Waals surface area contributed by atoms with E-state index < -0.39 is 57.0 Å². The fourth-order valence-electron chi connectivity index (χ4n) is 3.11. The van der Waals surface area contributed by atoms with Crippen molar-refractivity contribution in [2.45, 2.75) is 34.8 Å². The van der Waals surface area contributed by atoms with Crippen LogP contribution in [0.1, 0.15) is 12.6 Å². The highest BCUT2D eigenvalue weighted by Gasteiger charge is 2.39. The Hall–Kier alpha value is -2.76. The smallest absolute Gasteiger partial charge is 0.415 e. The summed E-state index contributed by atoms with van der Waals surface area (Å²) in [6.45, 7) is -0.392. The van der Waals surface area contributed by atoms with Gasteiger partial charge in [0, 0.05) is 12.6 Å². The number of sulfone groups is 1. The van der Waals surface area contributed by atoms with E-state index in [1.165, 1.54) is 30.5 Å². The van der Waals surface area contributed by atoms with E-state index in [0.29, 0.717) is 0 Å². The standard InChI is InChI=1S/C17H15IN4O9S/c18-10-7-21(17(25)19-14(10)24)13-6-11(23)12(30-13)8-29-15-16(22(26)31-20-15)32(27,28)9-4-2-1-3-5-9/h1-5,7,11-13,23H,6,8H2,(H,19,24,25)/t11-,12+,13+/m0/s1. The maximum absolute atomic E-state index is 12.8. The summed E-state index contributed by atoms with van der Waals surface area (Å²) >= 11 is 1.75. The second-order valence-electron chi connectivity index (χ2n) is 6.74. The molecule has 3 aromatic rings. The Morgan fingerprint density at radius 3 is 2.78 bits per heavy atom. The fraction of sp³-hybridized carbons (Fsp3) is 0.294. The summed E-state index contributed by atoms with van der Waals surface area (Å²) in [6.07, 6.45) is -1.67. The Morgan fingerprint density at radius 1 is 1.34 bits per heavy atom. The first kappa shape index (κ1) is 22.4. The molecule has 0 unspecified atom stereocenters. The van der Waals surface area contributed by atoms with Gasteiger partial charge in [-0.3, -0.25) is 19.0 Å². The number of rotatable bonds is 6. The van der Waals surface area contributed by atoms with Crippen LogP contribution in [0.4, 0.5) is 0 Å². The normalized spacial score (nSPS) is 21.0. The monoisotopic (exact) mass is 578 g/mol. The molecule has 1 aliphatic rings. The molecule has 0 amide bonds. The average Bonchev–Trinajstić information content (AvgIpc) is 3.32. The van der Waals surface area contributed by atoms with Crippen molar-refractivity contribution in [2.75, 3.05) is 6.61 Å². The Bertz CT molecular complexity index is 1350. The average molecular weight is 578 g/mol. The summed E-state index contributed by atoms with van der Waals surface area (Å²) in [4.78, 5) is 25.3. The van der Waals surface area contributed by atoms with Gasteiger partial charge in [0.2, 0.25) is 0 Å². The van der Waals surface area contributed by atoms with Gasteiger partial charge in [-0.05, 0) is 39.6 Å². The molecule has 32 heavy (non-hydrogen) atoms. The highest BCUT2D eigenvalue weighted by Crippen LogP contribution is 2.30. The summed E-state index contributed by atoms with van der Waals surface area (Å²) in [5.74, 6) is -0.598. The van der Waals surface area contributed by atoms with Crippen LogP contribution in [0.15, 0.2) is 60.7 Å². The predicted molar refractivity (Wildman–Crippen MR) is 111 cm³/mol. The molecule has 1 aromatic carbocycles. The van der Waals surface area contributed by atoms with Gasteiger partial charge in [0.25, 0.3) is 15.4 Å². The van der Waals surface area contributed by atoms with Gasteiger partial charge in [0.05, 0.1) is 19.7 Å². The Kier molecular flexibility index (Phi) is 6.06. The molecule has 0 radical (unpaired) electrons. The largest absolute Gasteiger partial charge is 0.452 e. The number of aromatic nitrogens is 4. The van der Waals surface area contributed by atoms with Crippen LogP contribution in [0.2, 0.25) is 0 Å². The van der Waals surface area contributed by atoms with Gasteiger partial charge < -0.3 is 19.8 Å². The van der Waals surface area contributed by atoms with E-state index >= 15 is 0 Å². The van der Waals surface area contributed by atoms with E-state index in [-0.39, 0.29) is 19.8 Å². The number of nitrogens with one attached hydrogen (secondary N) is 1. The summed E-state index contributed by atoms with van der Waals surface area (Å²) in [7, 11) is -4.30. The first-order chi connectivity index (χ1) is 15.2. The molecule has 0 aliphatic carbocycles. The van der Waals surface area contributed by atoms with Gasteiger partial charge >= 0.3 is 16.6 Å².